The summed E-state index contributed by atoms with van der Waals surface area (Å²) in [5.74, 6) is 0.916. The quantitative estimate of drug-likeness (QED) is 0.907. The van der Waals surface area contributed by atoms with Crippen LogP contribution >= 0.6 is 11.3 Å². The van der Waals surface area contributed by atoms with Crippen molar-refractivity contribution >= 4 is 11.3 Å². The second-order valence-electron chi connectivity index (χ2n) is 7.47. The molecule has 118 valence electrons. The molecule has 1 saturated heterocycles. The summed E-state index contributed by atoms with van der Waals surface area (Å²) in [4.78, 5) is 4.27. The summed E-state index contributed by atoms with van der Waals surface area (Å²) in [6.45, 7) is 8.37. The van der Waals surface area contributed by atoms with E-state index in [1.165, 1.54) is 56.5 Å². The summed E-state index contributed by atoms with van der Waals surface area (Å²) >= 11 is 1.90. The van der Waals surface area contributed by atoms with Crippen molar-refractivity contribution < 1.29 is 0 Å². The summed E-state index contributed by atoms with van der Waals surface area (Å²) in [5, 5.41) is 6.06. The summed E-state index contributed by atoms with van der Waals surface area (Å²) in [5.41, 5.74) is 0.294. The Morgan fingerprint density at radius 1 is 1.29 bits per heavy atom. The standard InChI is InChI=1S/C18H30N2S/c1-18(2)14-19-17(15-7-4-3-5-8-15)13-20(18)11-10-16-9-6-12-21-16/h6,9,12,15,17,19H,3-5,7-8,10-11,13-14H2,1-2H3. The highest BCUT2D eigenvalue weighted by Crippen LogP contribution is 2.30. The molecule has 1 N–H and O–H groups in total. The molecule has 3 heteroatoms. The molecule has 0 bridgehead atoms. The molecule has 1 aliphatic heterocycles. The zero-order valence-electron chi connectivity index (χ0n) is 13.6. The van der Waals surface area contributed by atoms with Crippen LogP contribution in [0.1, 0.15) is 50.8 Å². The lowest BCUT2D eigenvalue weighted by molar-refractivity contribution is 0.0452. The van der Waals surface area contributed by atoms with Crippen molar-refractivity contribution in [2.75, 3.05) is 19.6 Å². The summed E-state index contributed by atoms with van der Waals surface area (Å²) in [6.07, 6.45) is 8.44. The fourth-order valence-electron chi connectivity index (χ4n) is 3.99. The highest BCUT2D eigenvalue weighted by atomic mass is 32.1. The Bertz CT molecular complexity index is 420. The van der Waals surface area contributed by atoms with Crippen LogP contribution in [-0.4, -0.2) is 36.1 Å². The largest absolute Gasteiger partial charge is 0.311 e. The van der Waals surface area contributed by atoms with Crippen molar-refractivity contribution in [1.82, 2.24) is 10.2 Å². The van der Waals surface area contributed by atoms with Gasteiger partial charge in [0.25, 0.3) is 0 Å². The van der Waals surface area contributed by atoms with Gasteiger partial charge in [0.2, 0.25) is 0 Å². The Balaban J connectivity index is 1.58. The number of rotatable bonds is 4. The van der Waals surface area contributed by atoms with Crippen molar-refractivity contribution in [1.29, 1.82) is 0 Å². The Hall–Kier alpha value is -0.380. The average molecular weight is 307 g/mol. The molecule has 2 aliphatic rings. The van der Waals surface area contributed by atoms with Crippen molar-refractivity contribution in [3.63, 3.8) is 0 Å². The summed E-state index contributed by atoms with van der Waals surface area (Å²) in [7, 11) is 0. The van der Waals surface area contributed by atoms with E-state index in [1.54, 1.807) is 0 Å². The van der Waals surface area contributed by atoms with Crippen LogP contribution in [0.15, 0.2) is 17.5 Å². The van der Waals surface area contributed by atoms with E-state index in [9.17, 15) is 0 Å². The minimum atomic E-state index is 0.294. The maximum absolute atomic E-state index is 3.86. The first-order chi connectivity index (χ1) is 10.1. The number of nitrogens with zero attached hydrogens (tertiary/aromatic N) is 1. The fourth-order valence-corrected chi connectivity index (χ4v) is 4.69. The maximum atomic E-state index is 3.86. The average Bonchev–Trinajstić information content (AvgIpc) is 3.00. The van der Waals surface area contributed by atoms with Crippen LogP contribution in [0.2, 0.25) is 0 Å². The molecule has 1 unspecified atom stereocenters. The molecule has 0 amide bonds. The molecule has 0 aromatic carbocycles. The Morgan fingerprint density at radius 3 is 2.81 bits per heavy atom. The van der Waals surface area contributed by atoms with Crippen molar-refractivity contribution in [2.24, 2.45) is 5.92 Å². The van der Waals surface area contributed by atoms with Gasteiger partial charge in [-0.2, -0.15) is 0 Å². The van der Waals surface area contributed by atoms with E-state index in [4.69, 9.17) is 0 Å². The number of hydrogen-bond donors (Lipinski definition) is 1. The van der Waals surface area contributed by atoms with Gasteiger partial charge in [-0.3, -0.25) is 4.90 Å². The lowest BCUT2D eigenvalue weighted by atomic mass is 9.81. The topological polar surface area (TPSA) is 15.3 Å². The smallest absolute Gasteiger partial charge is 0.0278 e. The third kappa shape index (κ3) is 3.88. The fraction of sp³-hybridized carbons (Fsp3) is 0.778. The second kappa shape index (κ2) is 6.80. The molecule has 2 nitrogen and oxygen atoms in total. The molecule has 21 heavy (non-hydrogen) atoms. The molecule has 0 spiro atoms. The molecule has 2 fully saturated rings. The van der Waals surface area contributed by atoms with Crippen LogP contribution in [0.25, 0.3) is 0 Å². The predicted molar refractivity (Wildman–Crippen MR) is 92.0 cm³/mol. The Morgan fingerprint density at radius 2 is 2.10 bits per heavy atom. The van der Waals surface area contributed by atoms with Gasteiger partial charge in [-0.25, -0.2) is 0 Å². The SMILES string of the molecule is CC1(C)CNC(C2CCCCC2)CN1CCc1cccs1. The summed E-state index contributed by atoms with van der Waals surface area (Å²) < 4.78 is 0. The van der Waals surface area contributed by atoms with Gasteiger partial charge in [0.15, 0.2) is 0 Å². The van der Waals surface area contributed by atoms with Gasteiger partial charge in [0, 0.05) is 36.1 Å². The van der Waals surface area contributed by atoms with Gasteiger partial charge in [0.05, 0.1) is 0 Å². The van der Waals surface area contributed by atoms with Crippen LogP contribution in [0.3, 0.4) is 0 Å². The van der Waals surface area contributed by atoms with E-state index in [1.807, 2.05) is 11.3 Å². The third-order valence-electron chi connectivity index (χ3n) is 5.50. The third-order valence-corrected chi connectivity index (χ3v) is 6.43. The van der Waals surface area contributed by atoms with Gasteiger partial charge in [0.1, 0.15) is 0 Å². The van der Waals surface area contributed by atoms with E-state index in [-0.39, 0.29) is 0 Å². The minimum absolute atomic E-state index is 0.294. The van der Waals surface area contributed by atoms with Gasteiger partial charge < -0.3 is 5.32 Å². The van der Waals surface area contributed by atoms with Crippen molar-refractivity contribution in [2.45, 2.75) is 64.0 Å². The molecule has 2 heterocycles. The number of nitrogens with one attached hydrogen (secondary N) is 1. The van der Waals surface area contributed by atoms with Gasteiger partial charge >= 0.3 is 0 Å². The zero-order chi connectivity index (χ0) is 14.7. The first-order valence-corrected chi connectivity index (χ1v) is 9.54. The van der Waals surface area contributed by atoms with E-state index in [0.717, 1.165) is 18.5 Å². The number of thiophene rings is 1. The van der Waals surface area contributed by atoms with Crippen molar-refractivity contribution in [3.05, 3.63) is 22.4 Å². The van der Waals surface area contributed by atoms with Gasteiger partial charge in [-0.05, 0) is 50.5 Å². The highest BCUT2D eigenvalue weighted by Gasteiger charge is 2.36. The molecule has 1 aromatic heterocycles. The molecule has 0 radical (unpaired) electrons. The Labute approximate surface area is 133 Å². The first-order valence-electron chi connectivity index (χ1n) is 8.66. The monoisotopic (exact) mass is 306 g/mol. The van der Waals surface area contributed by atoms with Crippen LogP contribution in [0.5, 0.6) is 0 Å². The van der Waals surface area contributed by atoms with Crippen LogP contribution in [0, 0.1) is 5.92 Å². The minimum Gasteiger partial charge on any atom is -0.311 e. The molecule has 1 atom stereocenters. The predicted octanol–water partition coefficient (Wildman–Crippen LogP) is 3.92. The lowest BCUT2D eigenvalue weighted by Crippen LogP contribution is -2.63. The van der Waals surface area contributed by atoms with Gasteiger partial charge in [-0.1, -0.05) is 25.3 Å². The normalized spacial score (nSPS) is 27.8. The van der Waals surface area contributed by atoms with Crippen LogP contribution in [0.4, 0.5) is 0 Å². The number of hydrogen-bond acceptors (Lipinski definition) is 3. The number of piperazine rings is 1. The van der Waals surface area contributed by atoms with Crippen LogP contribution in [-0.2, 0) is 6.42 Å². The molecular formula is C18H30N2S. The molecule has 3 rings (SSSR count). The highest BCUT2D eigenvalue weighted by molar-refractivity contribution is 7.09. The molecule has 1 saturated carbocycles. The van der Waals surface area contributed by atoms with Crippen molar-refractivity contribution in [3.8, 4) is 0 Å². The zero-order valence-corrected chi connectivity index (χ0v) is 14.4. The van der Waals surface area contributed by atoms with E-state index < -0.39 is 0 Å². The maximum Gasteiger partial charge on any atom is 0.0278 e. The Kier molecular flexibility index (Phi) is 5.03. The van der Waals surface area contributed by atoms with E-state index in [0.29, 0.717) is 5.54 Å². The second-order valence-corrected chi connectivity index (χ2v) is 8.51. The molecule has 1 aromatic rings. The van der Waals surface area contributed by atoms with E-state index >= 15 is 0 Å². The molecular weight excluding hydrogens is 276 g/mol. The lowest BCUT2D eigenvalue weighted by Gasteiger charge is -2.48. The van der Waals surface area contributed by atoms with Gasteiger partial charge in [-0.15, -0.1) is 11.3 Å². The summed E-state index contributed by atoms with van der Waals surface area (Å²) in [6, 6.07) is 5.17. The van der Waals surface area contributed by atoms with E-state index in [2.05, 4.69) is 41.6 Å². The first kappa shape index (κ1) is 15.5. The van der Waals surface area contributed by atoms with Crippen LogP contribution < -0.4 is 5.32 Å². The molecule has 1 aliphatic carbocycles.